The molecule has 0 spiro atoms. The molecule has 0 aromatic heterocycles. The van der Waals surface area contributed by atoms with Gasteiger partial charge in [-0.2, -0.15) is 0 Å². The zero-order valence-corrected chi connectivity index (χ0v) is 11.3. The normalized spacial score (nSPS) is 10.8. The van der Waals surface area contributed by atoms with Gasteiger partial charge >= 0.3 is 0 Å². The van der Waals surface area contributed by atoms with E-state index in [2.05, 4.69) is 19.2 Å². The van der Waals surface area contributed by atoms with E-state index in [0.717, 1.165) is 19.6 Å². The minimum Gasteiger partial charge on any atom is -0.393 e. The fourth-order valence-corrected chi connectivity index (χ4v) is 1.29. The second kappa shape index (κ2) is 8.47. The largest absolute Gasteiger partial charge is 0.393 e. The van der Waals surface area contributed by atoms with E-state index in [9.17, 15) is 4.79 Å². The molecule has 0 aromatic rings. The number of nitrogens with two attached hydrogens (primary N) is 1. The number of nitrogens with one attached hydrogen (secondary N) is 1. The molecule has 3 N–H and O–H groups in total. The highest BCUT2D eigenvalue weighted by molar-refractivity contribution is 7.80. The molecule has 0 aromatic carbocycles. The quantitative estimate of drug-likeness (QED) is 0.620. The van der Waals surface area contributed by atoms with Crippen LogP contribution < -0.4 is 11.1 Å². The Morgan fingerprint density at radius 3 is 2.56 bits per heavy atom. The molecule has 16 heavy (non-hydrogen) atoms. The van der Waals surface area contributed by atoms with Gasteiger partial charge in [0.25, 0.3) is 0 Å². The lowest BCUT2D eigenvalue weighted by atomic mass is 10.2. The zero-order valence-electron chi connectivity index (χ0n) is 10.5. The van der Waals surface area contributed by atoms with Gasteiger partial charge in [0, 0.05) is 19.5 Å². The minimum absolute atomic E-state index is 0.0680. The van der Waals surface area contributed by atoms with E-state index >= 15 is 0 Å². The van der Waals surface area contributed by atoms with Crippen molar-refractivity contribution in [3.63, 3.8) is 0 Å². The molecule has 0 aliphatic rings. The average Bonchev–Trinajstić information content (AvgIpc) is 2.20. The Balaban J connectivity index is 3.83. The third kappa shape index (κ3) is 8.61. The van der Waals surface area contributed by atoms with Crippen LogP contribution >= 0.6 is 12.2 Å². The van der Waals surface area contributed by atoms with Gasteiger partial charge in [-0.1, -0.05) is 33.0 Å². The highest BCUT2D eigenvalue weighted by Gasteiger charge is 2.09. The smallest absolute Gasteiger partial charge is 0.234 e. The molecule has 0 rings (SSSR count). The van der Waals surface area contributed by atoms with Crippen molar-refractivity contribution in [1.29, 1.82) is 0 Å². The molecule has 0 radical (unpaired) electrons. The number of thiocarbonyl (C=S) groups is 1. The molecular weight excluding hydrogens is 222 g/mol. The number of carbonyl (C=O) groups is 1. The highest BCUT2D eigenvalue weighted by Crippen LogP contribution is 1.93. The molecule has 0 heterocycles. The van der Waals surface area contributed by atoms with Gasteiger partial charge in [-0.05, 0) is 12.5 Å². The molecule has 0 saturated heterocycles. The summed E-state index contributed by atoms with van der Waals surface area (Å²) in [5.74, 6) is 0.550. The zero-order chi connectivity index (χ0) is 12.6. The summed E-state index contributed by atoms with van der Waals surface area (Å²) in [6.45, 7) is 8.90. The lowest BCUT2D eigenvalue weighted by Crippen LogP contribution is -2.39. The third-order valence-electron chi connectivity index (χ3n) is 2.20. The molecule has 94 valence electrons. The fourth-order valence-electron chi connectivity index (χ4n) is 1.19. The Morgan fingerprint density at radius 1 is 1.50 bits per heavy atom. The molecule has 5 heteroatoms. The van der Waals surface area contributed by atoms with Gasteiger partial charge in [-0.3, -0.25) is 9.69 Å². The summed E-state index contributed by atoms with van der Waals surface area (Å²) in [5, 5.41) is 2.89. The molecule has 1 amide bonds. The standard InChI is InChI=1S/C11H23N3OS/c1-4-14(6-5-10(12)16)8-11(15)13-7-9(2)3/h9H,4-8H2,1-3H3,(H2,12,16)(H,13,15). The maximum atomic E-state index is 11.5. The number of likely N-dealkylation sites (N-methyl/N-ethyl adjacent to an activating group) is 1. The lowest BCUT2D eigenvalue weighted by molar-refractivity contribution is -0.122. The van der Waals surface area contributed by atoms with Crippen molar-refractivity contribution in [2.45, 2.75) is 27.2 Å². The maximum absolute atomic E-state index is 11.5. The molecule has 0 aliphatic heterocycles. The van der Waals surface area contributed by atoms with Crippen LogP contribution in [0, 0.1) is 5.92 Å². The lowest BCUT2D eigenvalue weighted by Gasteiger charge is -2.19. The van der Waals surface area contributed by atoms with Crippen LogP contribution in [0.2, 0.25) is 0 Å². The maximum Gasteiger partial charge on any atom is 0.234 e. The Kier molecular flexibility index (Phi) is 8.11. The van der Waals surface area contributed by atoms with Crippen LogP contribution in [0.3, 0.4) is 0 Å². The van der Waals surface area contributed by atoms with Crippen LogP contribution in [0.4, 0.5) is 0 Å². The molecule has 0 unspecified atom stereocenters. The van der Waals surface area contributed by atoms with E-state index in [1.54, 1.807) is 0 Å². The molecule has 4 nitrogen and oxygen atoms in total. The van der Waals surface area contributed by atoms with E-state index in [0.29, 0.717) is 23.9 Å². The molecular formula is C11H23N3OS. The first kappa shape index (κ1) is 15.3. The summed E-state index contributed by atoms with van der Waals surface area (Å²) >= 11 is 4.81. The predicted molar refractivity (Wildman–Crippen MR) is 71.4 cm³/mol. The first-order valence-electron chi connectivity index (χ1n) is 5.73. The summed E-state index contributed by atoms with van der Waals surface area (Å²) in [6, 6.07) is 0. The molecule has 0 aliphatic carbocycles. The average molecular weight is 245 g/mol. The Labute approximate surface area is 104 Å². The predicted octanol–water partition coefficient (Wildman–Crippen LogP) is 0.757. The fraction of sp³-hybridized carbons (Fsp3) is 0.818. The summed E-state index contributed by atoms with van der Waals surface area (Å²) < 4.78 is 0. The molecule has 0 saturated carbocycles. The second-order valence-electron chi connectivity index (χ2n) is 4.28. The van der Waals surface area contributed by atoms with E-state index in [1.165, 1.54) is 0 Å². The minimum atomic E-state index is 0.0680. The van der Waals surface area contributed by atoms with E-state index in [1.807, 2.05) is 11.8 Å². The highest BCUT2D eigenvalue weighted by atomic mass is 32.1. The van der Waals surface area contributed by atoms with Crippen molar-refractivity contribution in [3.8, 4) is 0 Å². The molecule has 0 atom stereocenters. The van der Waals surface area contributed by atoms with Gasteiger partial charge in [0.15, 0.2) is 0 Å². The van der Waals surface area contributed by atoms with Gasteiger partial charge in [-0.15, -0.1) is 0 Å². The Morgan fingerprint density at radius 2 is 2.12 bits per heavy atom. The van der Waals surface area contributed by atoms with Crippen molar-refractivity contribution in [1.82, 2.24) is 10.2 Å². The number of rotatable bonds is 8. The number of carbonyl (C=O) groups excluding carboxylic acids is 1. The Hall–Kier alpha value is -0.680. The first-order chi connectivity index (χ1) is 7.45. The van der Waals surface area contributed by atoms with E-state index < -0.39 is 0 Å². The van der Waals surface area contributed by atoms with Gasteiger partial charge in [0.05, 0.1) is 11.5 Å². The van der Waals surface area contributed by atoms with Crippen molar-refractivity contribution in [2.24, 2.45) is 11.7 Å². The number of hydrogen-bond donors (Lipinski definition) is 2. The topological polar surface area (TPSA) is 58.4 Å². The number of nitrogens with zero attached hydrogens (tertiary/aromatic N) is 1. The molecule has 0 fully saturated rings. The number of hydrogen-bond acceptors (Lipinski definition) is 3. The third-order valence-corrected chi connectivity index (χ3v) is 2.40. The first-order valence-corrected chi connectivity index (χ1v) is 6.13. The molecule has 0 bridgehead atoms. The van der Waals surface area contributed by atoms with Crippen LogP contribution in [-0.4, -0.2) is 42.0 Å². The SMILES string of the molecule is CCN(CCC(N)=S)CC(=O)NCC(C)C. The summed E-state index contributed by atoms with van der Waals surface area (Å²) in [6.07, 6.45) is 0.667. The van der Waals surface area contributed by atoms with Crippen LogP contribution in [-0.2, 0) is 4.79 Å². The van der Waals surface area contributed by atoms with Crippen LogP contribution in [0.1, 0.15) is 27.2 Å². The van der Waals surface area contributed by atoms with Gasteiger partial charge in [0.2, 0.25) is 5.91 Å². The van der Waals surface area contributed by atoms with Crippen LogP contribution in [0.5, 0.6) is 0 Å². The number of amides is 1. The summed E-state index contributed by atoms with van der Waals surface area (Å²) in [5.41, 5.74) is 5.43. The second-order valence-corrected chi connectivity index (χ2v) is 4.81. The van der Waals surface area contributed by atoms with Crippen molar-refractivity contribution in [3.05, 3.63) is 0 Å². The van der Waals surface area contributed by atoms with Crippen molar-refractivity contribution >= 4 is 23.1 Å². The Bertz CT molecular complexity index is 231. The van der Waals surface area contributed by atoms with Crippen molar-refractivity contribution in [2.75, 3.05) is 26.2 Å². The van der Waals surface area contributed by atoms with Crippen LogP contribution in [0.25, 0.3) is 0 Å². The van der Waals surface area contributed by atoms with Gasteiger partial charge in [-0.25, -0.2) is 0 Å². The monoisotopic (exact) mass is 245 g/mol. The van der Waals surface area contributed by atoms with E-state index in [4.69, 9.17) is 18.0 Å². The van der Waals surface area contributed by atoms with E-state index in [-0.39, 0.29) is 5.91 Å². The summed E-state index contributed by atoms with van der Waals surface area (Å²) in [7, 11) is 0. The van der Waals surface area contributed by atoms with Gasteiger partial charge < -0.3 is 11.1 Å². The van der Waals surface area contributed by atoms with Crippen molar-refractivity contribution < 1.29 is 4.79 Å². The summed E-state index contributed by atoms with van der Waals surface area (Å²) in [4.78, 5) is 14.1. The van der Waals surface area contributed by atoms with Gasteiger partial charge in [0.1, 0.15) is 0 Å². The van der Waals surface area contributed by atoms with Crippen LogP contribution in [0.15, 0.2) is 0 Å².